The van der Waals surface area contributed by atoms with E-state index in [0.29, 0.717) is 6.07 Å². The topological polar surface area (TPSA) is 35.8 Å². The molecule has 0 saturated heterocycles. The largest absolute Gasteiger partial charge is 0.383 e. The van der Waals surface area contributed by atoms with E-state index in [1.54, 1.807) is 6.92 Å². The standard InChI is InChI=1S/C14H15F3N2O/c1-9(19-7-11(16)6-18-8-19)14(2,20)12-4-3-10(15)5-13(12)17/h3-7,9,20H,8H2,1-2H3/t9-,14-/m0/s1. The first-order valence-electron chi connectivity index (χ1n) is 6.13. The fraction of sp³-hybridized carbons (Fsp3) is 0.357. The molecule has 0 spiro atoms. The van der Waals surface area contributed by atoms with Gasteiger partial charge in [0.15, 0.2) is 5.83 Å². The Hall–Kier alpha value is -1.82. The van der Waals surface area contributed by atoms with Crippen molar-refractivity contribution in [1.82, 2.24) is 4.90 Å². The molecule has 108 valence electrons. The molecule has 3 nitrogen and oxygen atoms in total. The molecule has 1 N–H and O–H groups in total. The lowest BCUT2D eigenvalue weighted by Gasteiger charge is -2.38. The van der Waals surface area contributed by atoms with Crippen LogP contribution in [0.1, 0.15) is 19.4 Å². The zero-order valence-corrected chi connectivity index (χ0v) is 11.1. The van der Waals surface area contributed by atoms with Gasteiger partial charge in [-0.25, -0.2) is 13.2 Å². The van der Waals surface area contributed by atoms with Gasteiger partial charge in [0.25, 0.3) is 0 Å². The summed E-state index contributed by atoms with van der Waals surface area (Å²) in [6.07, 6.45) is 2.28. The van der Waals surface area contributed by atoms with Crippen LogP contribution in [0.2, 0.25) is 0 Å². The average molecular weight is 284 g/mol. The van der Waals surface area contributed by atoms with E-state index in [9.17, 15) is 18.3 Å². The van der Waals surface area contributed by atoms with Crippen molar-refractivity contribution in [2.75, 3.05) is 6.67 Å². The van der Waals surface area contributed by atoms with E-state index in [1.165, 1.54) is 24.1 Å². The summed E-state index contributed by atoms with van der Waals surface area (Å²) in [7, 11) is 0. The lowest BCUT2D eigenvalue weighted by atomic mass is 9.88. The molecule has 0 fully saturated rings. The summed E-state index contributed by atoms with van der Waals surface area (Å²) < 4.78 is 39.9. The van der Waals surface area contributed by atoms with E-state index in [4.69, 9.17) is 0 Å². The van der Waals surface area contributed by atoms with Crippen LogP contribution in [0.25, 0.3) is 0 Å². The third kappa shape index (κ3) is 2.70. The molecule has 0 aliphatic carbocycles. The van der Waals surface area contributed by atoms with Gasteiger partial charge < -0.3 is 10.0 Å². The van der Waals surface area contributed by atoms with Crippen LogP contribution in [0.15, 0.2) is 35.2 Å². The van der Waals surface area contributed by atoms with E-state index in [1.807, 2.05) is 0 Å². The predicted octanol–water partition coefficient (Wildman–Crippen LogP) is 2.72. The molecule has 1 aliphatic heterocycles. The molecule has 0 aromatic heterocycles. The molecule has 1 aliphatic rings. The molecule has 0 radical (unpaired) electrons. The molecule has 2 atom stereocenters. The highest BCUT2D eigenvalue weighted by Gasteiger charge is 2.36. The summed E-state index contributed by atoms with van der Waals surface area (Å²) in [4.78, 5) is 5.25. The van der Waals surface area contributed by atoms with Gasteiger partial charge in [0.1, 0.15) is 23.9 Å². The highest BCUT2D eigenvalue weighted by molar-refractivity contribution is 5.76. The first kappa shape index (κ1) is 14.6. The van der Waals surface area contributed by atoms with E-state index in [2.05, 4.69) is 4.99 Å². The van der Waals surface area contributed by atoms with Crippen molar-refractivity contribution < 1.29 is 18.3 Å². The van der Waals surface area contributed by atoms with Gasteiger partial charge in [-0.2, -0.15) is 0 Å². The molecule has 1 heterocycles. The van der Waals surface area contributed by atoms with Crippen LogP contribution in [0.5, 0.6) is 0 Å². The predicted molar refractivity (Wildman–Crippen MR) is 69.8 cm³/mol. The molecule has 1 aromatic carbocycles. The molecule has 0 unspecified atom stereocenters. The number of benzene rings is 1. The fourth-order valence-corrected chi connectivity index (χ4v) is 2.14. The maximum Gasteiger partial charge on any atom is 0.156 e. The highest BCUT2D eigenvalue weighted by Crippen LogP contribution is 2.31. The second kappa shape index (κ2) is 5.28. The molecule has 20 heavy (non-hydrogen) atoms. The summed E-state index contributed by atoms with van der Waals surface area (Å²) in [5.41, 5.74) is -1.67. The summed E-state index contributed by atoms with van der Waals surface area (Å²) >= 11 is 0. The van der Waals surface area contributed by atoms with Crippen molar-refractivity contribution in [1.29, 1.82) is 0 Å². The monoisotopic (exact) mass is 284 g/mol. The Balaban J connectivity index is 2.31. The number of halogens is 3. The van der Waals surface area contributed by atoms with E-state index in [-0.39, 0.29) is 12.2 Å². The Morgan fingerprint density at radius 1 is 1.35 bits per heavy atom. The van der Waals surface area contributed by atoms with Crippen LogP contribution in [0.3, 0.4) is 0 Å². The van der Waals surface area contributed by atoms with Crippen LogP contribution in [0, 0.1) is 11.6 Å². The Bertz CT molecular complexity index is 570. The average Bonchev–Trinajstić information content (AvgIpc) is 2.37. The molecule has 0 amide bonds. The number of hydrogen-bond donors (Lipinski definition) is 1. The zero-order chi connectivity index (χ0) is 14.9. The van der Waals surface area contributed by atoms with Crippen molar-refractivity contribution in [2.24, 2.45) is 4.99 Å². The smallest absolute Gasteiger partial charge is 0.156 e. The lowest BCUT2D eigenvalue weighted by Crippen LogP contribution is -2.46. The number of aliphatic hydroxyl groups is 1. The zero-order valence-electron chi connectivity index (χ0n) is 11.1. The third-order valence-corrected chi connectivity index (χ3v) is 3.54. The summed E-state index contributed by atoms with van der Waals surface area (Å²) in [5, 5.41) is 10.6. The van der Waals surface area contributed by atoms with Gasteiger partial charge in [-0.3, -0.25) is 4.99 Å². The van der Waals surface area contributed by atoms with Crippen molar-refractivity contribution in [2.45, 2.75) is 25.5 Å². The van der Waals surface area contributed by atoms with Crippen molar-refractivity contribution in [3.8, 4) is 0 Å². The van der Waals surface area contributed by atoms with Crippen LogP contribution >= 0.6 is 0 Å². The number of rotatable bonds is 3. The highest BCUT2D eigenvalue weighted by atomic mass is 19.1. The van der Waals surface area contributed by atoms with Gasteiger partial charge in [0.05, 0.1) is 12.3 Å². The minimum absolute atomic E-state index is 0.0465. The summed E-state index contributed by atoms with van der Waals surface area (Å²) in [6, 6.07) is 2.32. The number of nitrogens with zero attached hydrogens (tertiary/aromatic N) is 2. The van der Waals surface area contributed by atoms with E-state index < -0.39 is 29.1 Å². The molecular formula is C14H15F3N2O. The molecular weight excluding hydrogens is 269 g/mol. The van der Waals surface area contributed by atoms with Crippen molar-refractivity contribution in [3.05, 3.63) is 47.4 Å². The van der Waals surface area contributed by atoms with E-state index in [0.717, 1.165) is 12.3 Å². The Kier molecular flexibility index (Phi) is 3.85. The third-order valence-electron chi connectivity index (χ3n) is 3.54. The van der Waals surface area contributed by atoms with Crippen molar-refractivity contribution in [3.63, 3.8) is 0 Å². The number of aliphatic imine (C=N–C) groups is 1. The SMILES string of the molecule is C[C@H](N1C=C(F)C=NC1)[C@](C)(O)c1ccc(F)cc1F. The van der Waals surface area contributed by atoms with E-state index >= 15 is 0 Å². The Morgan fingerprint density at radius 3 is 2.65 bits per heavy atom. The van der Waals surface area contributed by atoms with Gasteiger partial charge in [-0.05, 0) is 19.9 Å². The maximum atomic E-state index is 13.8. The first-order chi connectivity index (χ1) is 9.32. The Morgan fingerprint density at radius 2 is 2.05 bits per heavy atom. The molecule has 1 aromatic rings. The first-order valence-corrected chi connectivity index (χ1v) is 6.13. The van der Waals surface area contributed by atoms with Gasteiger partial charge in [0, 0.05) is 17.8 Å². The van der Waals surface area contributed by atoms with Crippen molar-refractivity contribution >= 4 is 6.21 Å². The minimum atomic E-state index is -1.62. The molecule has 2 rings (SSSR count). The van der Waals surface area contributed by atoms with Crippen LogP contribution in [-0.2, 0) is 5.60 Å². The number of hydrogen-bond acceptors (Lipinski definition) is 3. The van der Waals surface area contributed by atoms with Crippen LogP contribution in [0.4, 0.5) is 13.2 Å². The van der Waals surface area contributed by atoms with Gasteiger partial charge in [0.2, 0.25) is 0 Å². The quantitative estimate of drug-likeness (QED) is 0.926. The molecule has 0 bridgehead atoms. The fourth-order valence-electron chi connectivity index (χ4n) is 2.14. The second-order valence-electron chi connectivity index (χ2n) is 4.93. The molecule has 6 heteroatoms. The Labute approximate surface area is 115 Å². The van der Waals surface area contributed by atoms with Gasteiger partial charge >= 0.3 is 0 Å². The minimum Gasteiger partial charge on any atom is -0.383 e. The van der Waals surface area contributed by atoms with Crippen LogP contribution in [-0.4, -0.2) is 28.9 Å². The maximum absolute atomic E-state index is 13.8. The summed E-state index contributed by atoms with van der Waals surface area (Å²) in [6.45, 7) is 3.18. The van der Waals surface area contributed by atoms with Gasteiger partial charge in [-0.15, -0.1) is 0 Å². The number of allylic oxidation sites excluding steroid dienone is 1. The van der Waals surface area contributed by atoms with Crippen LogP contribution < -0.4 is 0 Å². The normalized spacial score (nSPS) is 19.5. The lowest BCUT2D eigenvalue weighted by molar-refractivity contribution is -0.0186. The van der Waals surface area contributed by atoms with Gasteiger partial charge in [-0.1, -0.05) is 6.07 Å². The molecule has 0 saturated carbocycles. The second-order valence-corrected chi connectivity index (χ2v) is 4.93. The summed E-state index contributed by atoms with van der Waals surface area (Å²) in [5.74, 6) is -2.10.